The molecule has 1 aromatic heterocycles. The molecule has 1 aliphatic carbocycles. The fourth-order valence-electron chi connectivity index (χ4n) is 3.69. The summed E-state index contributed by atoms with van der Waals surface area (Å²) in [5, 5.41) is 0. The third-order valence-electron chi connectivity index (χ3n) is 4.40. The van der Waals surface area contributed by atoms with Crippen LogP contribution in [0.2, 0.25) is 0 Å². The van der Waals surface area contributed by atoms with Crippen LogP contribution in [0.3, 0.4) is 0 Å². The van der Waals surface area contributed by atoms with E-state index in [0.717, 1.165) is 16.6 Å². The maximum Gasteiger partial charge on any atom is 0.177 e. The minimum Gasteiger partial charge on any atom is -0.337 e. The maximum absolute atomic E-state index is 5.54. The van der Waals surface area contributed by atoms with Gasteiger partial charge in [-0.05, 0) is 48.9 Å². The molecular weight excluding hydrogens is 264 g/mol. The first-order valence-electron chi connectivity index (χ1n) is 7.50. The van der Waals surface area contributed by atoms with Crippen LogP contribution in [-0.4, -0.2) is 9.55 Å². The summed E-state index contributed by atoms with van der Waals surface area (Å²) >= 11 is 5.54. The van der Waals surface area contributed by atoms with Gasteiger partial charge in [-0.25, -0.2) is 0 Å². The van der Waals surface area contributed by atoms with Crippen molar-refractivity contribution < 1.29 is 0 Å². The van der Waals surface area contributed by atoms with Gasteiger partial charge in [0.05, 0.1) is 5.69 Å². The Morgan fingerprint density at radius 1 is 1.05 bits per heavy atom. The smallest absolute Gasteiger partial charge is 0.177 e. The van der Waals surface area contributed by atoms with E-state index in [1.165, 1.54) is 30.5 Å². The van der Waals surface area contributed by atoms with E-state index in [1.54, 1.807) is 0 Å². The van der Waals surface area contributed by atoms with Crippen molar-refractivity contribution in [1.82, 2.24) is 9.55 Å². The first kappa shape index (κ1) is 13.6. The molecule has 1 aliphatic rings. The fraction of sp³-hybridized carbons (Fsp3) is 0.471. The lowest BCUT2D eigenvalue weighted by Gasteiger charge is -2.33. The Bertz CT molecular complexity index is 616. The Balaban J connectivity index is 2.01. The molecule has 106 valence electrons. The van der Waals surface area contributed by atoms with Crippen LogP contribution in [-0.2, 0) is 0 Å². The molecule has 2 aromatic rings. The van der Waals surface area contributed by atoms with Crippen molar-refractivity contribution in [1.29, 1.82) is 0 Å². The van der Waals surface area contributed by atoms with E-state index in [9.17, 15) is 0 Å². The second-order valence-corrected chi connectivity index (χ2v) is 6.67. The number of imidazole rings is 1. The summed E-state index contributed by atoms with van der Waals surface area (Å²) in [5.41, 5.74) is 2.47. The lowest BCUT2D eigenvalue weighted by molar-refractivity contribution is 0.221. The number of benzene rings is 1. The summed E-state index contributed by atoms with van der Waals surface area (Å²) in [4.78, 5) is 3.24. The molecule has 0 spiro atoms. The summed E-state index contributed by atoms with van der Waals surface area (Å²) in [7, 11) is 0. The van der Waals surface area contributed by atoms with Gasteiger partial charge in [0.15, 0.2) is 4.77 Å². The van der Waals surface area contributed by atoms with Crippen LogP contribution in [0, 0.1) is 16.6 Å². The highest BCUT2D eigenvalue weighted by atomic mass is 32.1. The van der Waals surface area contributed by atoms with Gasteiger partial charge in [0.25, 0.3) is 0 Å². The topological polar surface area (TPSA) is 20.7 Å². The molecule has 0 bridgehead atoms. The lowest BCUT2D eigenvalue weighted by atomic mass is 9.80. The molecule has 1 heterocycles. The molecule has 1 fully saturated rings. The van der Waals surface area contributed by atoms with Crippen LogP contribution in [0.5, 0.6) is 0 Å². The lowest BCUT2D eigenvalue weighted by Crippen LogP contribution is -2.23. The summed E-state index contributed by atoms with van der Waals surface area (Å²) in [5.74, 6) is 1.56. The Labute approximate surface area is 125 Å². The average molecular weight is 286 g/mol. The number of nitrogens with zero attached hydrogens (tertiary/aromatic N) is 1. The minimum atomic E-state index is 0.530. The maximum atomic E-state index is 5.54. The number of H-pyrrole nitrogens is 1. The summed E-state index contributed by atoms with van der Waals surface area (Å²) in [6, 6.07) is 11.1. The average Bonchev–Trinajstić information content (AvgIpc) is 2.80. The van der Waals surface area contributed by atoms with Gasteiger partial charge in [0.2, 0.25) is 0 Å². The normalized spacial score (nSPS) is 26.6. The molecular formula is C17H22N2S. The van der Waals surface area contributed by atoms with Crippen molar-refractivity contribution in [3.8, 4) is 11.3 Å². The van der Waals surface area contributed by atoms with E-state index < -0.39 is 0 Å². The zero-order valence-corrected chi connectivity index (χ0v) is 13.0. The van der Waals surface area contributed by atoms with Gasteiger partial charge in [-0.3, -0.25) is 0 Å². The van der Waals surface area contributed by atoms with Gasteiger partial charge >= 0.3 is 0 Å². The Kier molecular flexibility index (Phi) is 3.79. The third kappa shape index (κ3) is 2.59. The van der Waals surface area contributed by atoms with E-state index in [0.29, 0.717) is 6.04 Å². The van der Waals surface area contributed by atoms with Crippen molar-refractivity contribution in [3.05, 3.63) is 41.3 Å². The largest absolute Gasteiger partial charge is 0.337 e. The molecule has 1 aromatic carbocycles. The molecule has 2 atom stereocenters. The fourth-order valence-corrected chi connectivity index (χ4v) is 3.99. The van der Waals surface area contributed by atoms with E-state index in [-0.39, 0.29) is 0 Å². The van der Waals surface area contributed by atoms with Crippen molar-refractivity contribution in [2.75, 3.05) is 0 Å². The monoisotopic (exact) mass is 286 g/mol. The molecule has 0 amide bonds. The van der Waals surface area contributed by atoms with Crippen LogP contribution in [0.15, 0.2) is 36.5 Å². The molecule has 0 saturated heterocycles. The van der Waals surface area contributed by atoms with Crippen LogP contribution >= 0.6 is 12.2 Å². The van der Waals surface area contributed by atoms with Gasteiger partial charge in [0.1, 0.15) is 0 Å². The molecule has 0 aliphatic heterocycles. The summed E-state index contributed by atoms with van der Waals surface area (Å²) in [6.45, 7) is 4.72. The second-order valence-electron chi connectivity index (χ2n) is 6.29. The van der Waals surface area contributed by atoms with Crippen LogP contribution in [0.25, 0.3) is 11.3 Å². The summed E-state index contributed by atoms with van der Waals surface area (Å²) < 4.78 is 3.20. The van der Waals surface area contributed by atoms with E-state index in [4.69, 9.17) is 12.2 Å². The highest BCUT2D eigenvalue weighted by Crippen LogP contribution is 2.38. The number of rotatable bonds is 2. The number of nitrogens with one attached hydrogen (secondary N) is 1. The van der Waals surface area contributed by atoms with Crippen molar-refractivity contribution in [2.24, 2.45) is 11.8 Å². The molecule has 0 radical (unpaired) electrons. The first-order chi connectivity index (χ1) is 9.65. The Morgan fingerprint density at radius 2 is 1.70 bits per heavy atom. The molecule has 3 heteroatoms. The predicted molar refractivity (Wildman–Crippen MR) is 86.3 cm³/mol. The van der Waals surface area contributed by atoms with Gasteiger partial charge in [-0.2, -0.15) is 0 Å². The highest BCUT2D eigenvalue weighted by molar-refractivity contribution is 7.71. The van der Waals surface area contributed by atoms with Gasteiger partial charge in [-0.15, -0.1) is 0 Å². The molecule has 2 unspecified atom stereocenters. The molecule has 1 saturated carbocycles. The first-order valence-corrected chi connectivity index (χ1v) is 7.91. The van der Waals surface area contributed by atoms with Crippen molar-refractivity contribution in [3.63, 3.8) is 0 Å². The number of aromatic nitrogens is 2. The van der Waals surface area contributed by atoms with E-state index in [1.807, 2.05) is 0 Å². The van der Waals surface area contributed by atoms with Crippen molar-refractivity contribution in [2.45, 2.75) is 39.2 Å². The Hall–Kier alpha value is -1.35. The predicted octanol–water partition coefficient (Wildman–Crippen LogP) is 5.21. The molecule has 3 rings (SSSR count). The number of hydrogen-bond acceptors (Lipinski definition) is 1. The van der Waals surface area contributed by atoms with Crippen molar-refractivity contribution >= 4 is 12.2 Å². The van der Waals surface area contributed by atoms with Crippen LogP contribution in [0.4, 0.5) is 0 Å². The number of aromatic amines is 1. The molecule has 20 heavy (non-hydrogen) atoms. The zero-order valence-electron chi connectivity index (χ0n) is 12.2. The van der Waals surface area contributed by atoms with Crippen LogP contribution < -0.4 is 0 Å². The van der Waals surface area contributed by atoms with Gasteiger partial charge in [-0.1, -0.05) is 44.2 Å². The van der Waals surface area contributed by atoms with E-state index in [2.05, 4.69) is 59.9 Å². The summed E-state index contributed by atoms with van der Waals surface area (Å²) in [6.07, 6.45) is 5.86. The molecule has 2 nitrogen and oxygen atoms in total. The Morgan fingerprint density at radius 3 is 2.35 bits per heavy atom. The standard InChI is InChI=1S/C17H22N2S/c1-12-8-13(2)10-15(9-12)19-16(11-18-17(19)20)14-6-4-3-5-7-14/h3-7,11-13,15H,8-10H2,1-2H3,(H,18,20). The quantitative estimate of drug-likeness (QED) is 0.752. The van der Waals surface area contributed by atoms with Gasteiger partial charge in [0, 0.05) is 12.2 Å². The second kappa shape index (κ2) is 5.57. The van der Waals surface area contributed by atoms with Gasteiger partial charge < -0.3 is 9.55 Å². The third-order valence-corrected chi connectivity index (χ3v) is 4.71. The SMILES string of the molecule is CC1CC(C)CC(n2c(-c3ccccc3)c[nH]c2=S)C1. The molecule has 1 N–H and O–H groups in total. The highest BCUT2D eigenvalue weighted by Gasteiger charge is 2.27. The number of hydrogen-bond donors (Lipinski definition) is 1. The van der Waals surface area contributed by atoms with E-state index >= 15 is 0 Å². The van der Waals surface area contributed by atoms with Crippen LogP contribution in [0.1, 0.15) is 39.2 Å². The minimum absolute atomic E-state index is 0.530. The zero-order chi connectivity index (χ0) is 14.1.